The minimum Gasteiger partial charge on any atom is -0.354 e. The van der Waals surface area contributed by atoms with Gasteiger partial charge in [0.05, 0.1) is 24.2 Å². The van der Waals surface area contributed by atoms with Gasteiger partial charge in [-0.1, -0.05) is 245 Å². The van der Waals surface area contributed by atoms with E-state index in [1.54, 1.807) is 30.6 Å². The summed E-state index contributed by atoms with van der Waals surface area (Å²) in [5, 5.41) is 11.7. The first kappa shape index (κ1) is 84.2. The van der Waals surface area contributed by atoms with E-state index in [4.69, 9.17) is 0 Å². The van der Waals surface area contributed by atoms with E-state index >= 15 is 0 Å². The fraction of sp³-hybridized carbons (Fsp3) is 0.156. The van der Waals surface area contributed by atoms with Crippen LogP contribution in [0, 0.1) is 82.9 Å². The number of halogens is 2. The Labute approximate surface area is 668 Å². The van der Waals surface area contributed by atoms with Crippen LogP contribution in [-0.2, 0) is 60.3 Å². The quantitative estimate of drug-likeness (QED) is 0.0800. The van der Waals surface area contributed by atoms with Gasteiger partial charge < -0.3 is 34.9 Å². The fourth-order valence-corrected chi connectivity index (χ4v) is 17.0. The molecule has 0 aliphatic rings. The fourth-order valence-electron chi connectivity index (χ4n) is 11.8. The first-order chi connectivity index (χ1) is 49.4. The molecule has 8 heterocycles. The van der Waals surface area contributed by atoms with Crippen LogP contribution in [0.2, 0.25) is 58.9 Å². The molecule has 0 bridgehead atoms. The molecule has 8 nitrogen and oxygen atoms in total. The largest absolute Gasteiger partial charge is 0.354 e. The summed E-state index contributed by atoms with van der Waals surface area (Å²) in [5.41, 5.74) is 16.6. The van der Waals surface area contributed by atoms with Gasteiger partial charge in [0.2, 0.25) is 0 Å². The van der Waals surface area contributed by atoms with Crippen LogP contribution in [0.4, 0.5) is 8.78 Å². The third-order valence-electron chi connectivity index (χ3n) is 17.0. The smallest absolute Gasteiger partial charge is 0.128 e. The molecule has 7 aromatic carbocycles. The van der Waals surface area contributed by atoms with Gasteiger partial charge in [-0.25, -0.2) is 8.78 Å². The predicted molar refractivity (Wildman–Crippen MR) is 432 cm³/mol. The molecule has 0 saturated heterocycles. The summed E-state index contributed by atoms with van der Waals surface area (Å²) in [4.78, 5) is 33.9. The maximum atomic E-state index is 13.1. The van der Waals surface area contributed by atoms with E-state index in [0.29, 0.717) is 5.69 Å². The summed E-state index contributed by atoms with van der Waals surface area (Å²) < 4.78 is 25.6. The number of aromatic nitrogens is 8. The molecule has 8 aromatic heterocycles. The molecule has 15 aromatic rings. The second-order valence-electron chi connectivity index (χ2n) is 28.1. The van der Waals surface area contributed by atoms with E-state index < -0.39 is 36.1 Å². The summed E-state index contributed by atoms with van der Waals surface area (Å²) in [6, 6.07) is 90.7. The van der Waals surface area contributed by atoms with Crippen molar-refractivity contribution >= 4 is 72.1 Å². The number of rotatable bonds is 9. The zero-order chi connectivity index (χ0) is 73.3. The van der Waals surface area contributed by atoms with Gasteiger partial charge >= 0.3 is 0 Å². The van der Waals surface area contributed by atoms with E-state index in [1.165, 1.54) is 70.8 Å². The van der Waals surface area contributed by atoms with Crippen molar-refractivity contribution in [3.8, 4) is 67.5 Å². The number of hydrogen-bond donors (Lipinski definition) is 0. The van der Waals surface area contributed by atoms with Crippen LogP contribution in [0.15, 0.2) is 256 Å². The molecule has 0 aliphatic heterocycles. The standard InChI is InChI=1S/3C19H20NSi.C12H11N2.C11H8N.C10H5F2N2.3Ir/c3*1-14-11-18(20-13-19(14)21(2,3)4)17-10-9-15-7-5-6-8-16(15)12-17;1-9-6-7-11(10(2)14-9)12-5-3-4-8-13-12;1-2-6-10(7-3-1)11-8-4-5-9-12-11;11-9-5-4-7(10(12)14-9)8-3-1-2-6-13-8;;;/h3*5-9,11-13H,1-4H3;3-6,8H,1-2H3;1-6,8-9H;1-3,5-6H;;;/q6*-1;;;. The summed E-state index contributed by atoms with van der Waals surface area (Å²) in [5.74, 6) is -1.79. The average Bonchev–Trinajstić information content (AvgIpc) is 0.804. The second kappa shape index (κ2) is 39.0. The zero-order valence-corrected chi connectivity index (χ0v) is 72.3. The Morgan fingerprint density at radius 3 is 0.981 bits per heavy atom. The molecule has 543 valence electrons. The van der Waals surface area contributed by atoms with Gasteiger partial charge in [-0.05, 0) is 100 Å². The average molecular weight is 1980 g/mol. The van der Waals surface area contributed by atoms with E-state index in [-0.39, 0.29) is 65.9 Å². The van der Waals surface area contributed by atoms with Crippen LogP contribution in [0.5, 0.6) is 0 Å². The van der Waals surface area contributed by atoms with Crippen LogP contribution in [-0.4, -0.2) is 64.1 Å². The molecular weight excluding hydrogens is 1890 g/mol. The van der Waals surface area contributed by atoms with Crippen molar-refractivity contribution in [2.24, 2.45) is 0 Å². The Bertz CT molecular complexity index is 4880. The van der Waals surface area contributed by atoms with Gasteiger partial charge in [0.25, 0.3) is 0 Å². The molecule has 0 aliphatic carbocycles. The number of hydrogen-bond acceptors (Lipinski definition) is 8. The van der Waals surface area contributed by atoms with E-state index in [2.05, 4.69) is 284 Å². The third-order valence-corrected chi connectivity index (χ3v) is 23.4. The van der Waals surface area contributed by atoms with Crippen molar-refractivity contribution in [2.75, 3.05) is 0 Å². The predicted octanol–water partition coefficient (Wildman–Crippen LogP) is 21.0. The molecule has 0 saturated carbocycles. The normalized spacial score (nSPS) is 10.8. The number of benzene rings is 7. The topological polar surface area (TPSA) is 103 Å². The van der Waals surface area contributed by atoms with Gasteiger partial charge in [-0.2, -0.15) is 0 Å². The summed E-state index contributed by atoms with van der Waals surface area (Å²) in [6.07, 6.45) is 11.3. The van der Waals surface area contributed by atoms with Crippen molar-refractivity contribution in [3.05, 3.63) is 332 Å². The first-order valence-corrected chi connectivity index (χ1v) is 44.8. The van der Waals surface area contributed by atoms with Crippen molar-refractivity contribution in [1.82, 2.24) is 39.9 Å². The monoisotopic (exact) mass is 1980 g/mol. The van der Waals surface area contributed by atoms with Crippen molar-refractivity contribution in [1.29, 1.82) is 0 Å². The van der Waals surface area contributed by atoms with Crippen LogP contribution < -0.4 is 15.6 Å². The molecule has 15 rings (SSSR count). The maximum Gasteiger partial charge on any atom is 0.128 e. The molecule has 0 N–H and O–H groups in total. The van der Waals surface area contributed by atoms with E-state index in [9.17, 15) is 8.78 Å². The molecule has 106 heavy (non-hydrogen) atoms. The van der Waals surface area contributed by atoms with Crippen LogP contribution in [0.3, 0.4) is 0 Å². The second-order valence-corrected chi connectivity index (χ2v) is 43.3. The SMILES string of the molecule is Cc1c[c-]c(-c2ccccn2)c(C)n1.Cc1cc(-c2[c-]cc3ccccc3c2)ncc1[Si](C)(C)C.Cc1cc(-c2[c-]cc3ccccc3c2)ncc1[Si](C)(C)C.Cc1cc(-c2[c-]cc3ccccc3c2)ncc1[Si](C)(C)C.Fc1c[c-]c(-c2ccccn2)c(F)n1.[Ir].[Ir].[Ir].[c-]1ccccc1-c1ccccn1. The summed E-state index contributed by atoms with van der Waals surface area (Å²) >= 11 is 0. The molecule has 16 heteroatoms. The maximum absolute atomic E-state index is 13.1. The Morgan fingerprint density at radius 2 is 0.651 bits per heavy atom. The molecule has 0 atom stereocenters. The molecule has 0 unspecified atom stereocenters. The van der Waals surface area contributed by atoms with Crippen LogP contribution >= 0.6 is 0 Å². The zero-order valence-electron chi connectivity index (χ0n) is 62.1. The number of fused-ring (bicyclic) bond motifs is 3. The van der Waals surface area contributed by atoms with Crippen molar-refractivity contribution < 1.29 is 69.1 Å². The van der Waals surface area contributed by atoms with Crippen molar-refractivity contribution in [2.45, 2.75) is 93.5 Å². The van der Waals surface area contributed by atoms with E-state index in [1.807, 2.05) is 98.8 Å². The third kappa shape index (κ3) is 23.2. The molecular formula is C90H84F2Ir3N8Si3-6. The minimum absolute atomic E-state index is 0. The van der Waals surface area contributed by atoms with Gasteiger partial charge in [0.15, 0.2) is 0 Å². The Morgan fingerprint density at radius 1 is 0.302 bits per heavy atom. The van der Waals surface area contributed by atoms with Gasteiger partial charge in [0, 0.05) is 97.5 Å². The van der Waals surface area contributed by atoms with Gasteiger partial charge in [0.1, 0.15) is 11.9 Å². The molecule has 3 radical (unpaired) electrons. The number of nitrogens with zero attached hydrogens (tertiary/aromatic N) is 8. The summed E-state index contributed by atoms with van der Waals surface area (Å²) in [7, 11) is -3.95. The minimum atomic E-state index is -1.32. The van der Waals surface area contributed by atoms with Gasteiger partial charge in [-0.15, -0.1) is 147 Å². The van der Waals surface area contributed by atoms with Crippen LogP contribution in [0.1, 0.15) is 28.1 Å². The Kier molecular flexibility index (Phi) is 31.0. The van der Waals surface area contributed by atoms with Gasteiger partial charge in [-0.3, -0.25) is 4.98 Å². The Balaban J connectivity index is 0.000000179. The molecule has 0 spiro atoms. The number of aryl methyl sites for hydroxylation is 5. The Hall–Kier alpha value is -9.02. The molecule has 0 amide bonds. The number of pyridine rings is 8. The van der Waals surface area contributed by atoms with Crippen LogP contribution in [0.25, 0.3) is 99.9 Å². The molecule has 0 fully saturated rings. The van der Waals surface area contributed by atoms with Crippen molar-refractivity contribution in [3.63, 3.8) is 0 Å². The summed E-state index contributed by atoms with van der Waals surface area (Å²) in [6.45, 7) is 31.8. The first-order valence-electron chi connectivity index (χ1n) is 34.3. The van der Waals surface area contributed by atoms with E-state index in [0.717, 1.165) is 73.7 Å².